The van der Waals surface area contributed by atoms with Gasteiger partial charge in [-0.1, -0.05) is 25.8 Å². The van der Waals surface area contributed by atoms with E-state index in [0.29, 0.717) is 13.2 Å². The van der Waals surface area contributed by atoms with Crippen molar-refractivity contribution in [1.82, 2.24) is 0 Å². The summed E-state index contributed by atoms with van der Waals surface area (Å²) in [4.78, 5) is 10.2. The van der Waals surface area contributed by atoms with Gasteiger partial charge in [0.2, 0.25) is 0 Å². The number of ether oxygens (including phenoxy) is 1. The zero-order valence-corrected chi connectivity index (χ0v) is 10.0. The third-order valence-electron chi connectivity index (χ3n) is 2.45. The average Bonchev–Trinajstić information content (AvgIpc) is 2.30. The van der Waals surface area contributed by atoms with Gasteiger partial charge in [0, 0.05) is 12.7 Å². The van der Waals surface area contributed by atoms with Crippen molar-refractivity contribution in [1.29, 1.82) is 0 Å². The van der Waals surface area contributed by atoms with Gasteiger partial charge >= 0.3 is 0 Å². The number of anilines is 1. The molecule has 0 bridgehead atoms. The molecule has 1 rings (SSSR count). The van der Waals surface area contributed by atoms with Crippen LogP contribution in [0.1, 0.15) is 31.7 Å². The molecule has 0 aliphatic rings. The van der Waals surface area contributed by atoms with Crippen LogP contribution >= 0.6 is 0 Å². The summed E-state index contributed by atoms with van der Waals surface area (Å²) in [5, 5.41) is 10.7. The summed E-state index contributed by atoms with van der Waals surface area (Å²) in [6.07, 6.45) is 3.31. The van der Waals surface area contributed by atoms with E-state index in [4.69, 9.17) is 10.5 Å². The molecule has 0 aliphatic heterocycles. The van der Waals surface area contributed by atoms with Crippen LogP contribution in [0.2, 0.25) is 0 Å². The Bertz CT molecular complexity index is 380. The molecule has 0 amide bonds. The Labute approximate surface area is 101 Å². The zero-order valence-electron chi connectivity index (χ0n) is 10.0. The monoisotopic (exact) mass is 238 g/mol. The zero-order chi connectivity index (χ0) is 12.7. The fraction of sp³-hybridized carbons (Fsp3) is 0.500. The molecule has 94 valence electrons. The van der Waals surface area contributed by atoms with Crippen LogP contribution < -0.4 is 5.73 Å². The predicted octanol–water partition coefficient (Wildman–Crippen LogP) is 2.88. The molecule has 0 saturated heterocycles. The molecule has 0 radical (unpaired) electrons. The fourth-order valence-corrected chi connectivity index (χ4v) is 1.48. The Morgan fingerprint density at radius 2 is 2.18 bits per heavy atom. The molecule has 0 fully saturated rings. The van der Waals surface area contributed by atoms with E-state index in [1.165, 1.54) is 6.07 Å². The fourth-order valence-electron chi connectivity index (χ4n) is 1.48. The van der Waals surface area contributed by atoms with Gasteiger partial charge in [-0.25, -0.2) is 0 Å². The van der Waals surface area contributed by atoms with Crippen LogP contribution in [0, 0.1) is 10.1 Å². The number of nitro benzene ring substituents is 1. The molecule has 1 aromatic rings. The average molecular weight is 238 g/mol. The number of rotatable bonds is 7. The first-order valence-corrected chi connectivity index (χ1v) is 5.75. The molecule has 0 atom stereocenters. The minimum atomic E-state index is -0.476. The number of hydrogen-bond donors (Lipinski definition) is 1. The van der Waals surface area contributed by atoms with Crippen molar-refractivity contribution >= 4 is 11.4 Å². The van der Waals surface area contributed by atoms with E-state index in [2.05, 4.69) is 6.92 Å². The maximum absolute atomic E-state index is 10.7. The van der Waals surface area contributed by atoms with Gasteiger partial charge in [-0.05, 0) is 18.1 Å². The van der Waals surface area contributed by atoms with Gasteiger partial charge in [0.1, 0.15) is 5.69 Å². The maximum Gasteiger partial charge on any atom is 0.292 e. The lowest BCUT2D eigenvalue weighted by molar-refractivity contribution is -0.384. The Morgan fingerprint density at radius 3 is 2.82 bits per heavy atom. The van der Waals surface area contributed by atoms with Gasteiger partial charge in [0.05, 0.1) is 11.5 Å². The van der Waals surface area contributed by atoms with Crippen LogP contribution in [-0.2, 0) is 11.3 Å². The van der Waals surface area contributed by atoms with Crippen molar-refractivity contribution in [2.24, 2.45) is 0 Å². The van der Waals surface area contributed by atoms with Crippen molar-refractivity contribution in [2.45, 2.75) is 32.8 Å². The molecular formula is C12H18N2O3. The van der Waals surface area contributed by atoms with E-state index >= 15 is 0 Å². The van der Waals surface area contributed by atoms with Gasteiger partial charge in [-0.2, -0.15) is 0 Å². The minimum Gasteiger partial charge on any atom is -0.393 e. The Balaban J connectivity index is 2.49. The van der Waals surface area contributed by atoms with Crippen LogP contribution in [0.5, 0.6) is 0 Å². The van der Waals surface area contributed by atoms with Crippen LogP contribution in [0.3, 0.4) is 0 Å². The molecule has 0 aliphatic carbocycles. The number of nitro groups is 1. The van der Waals surface area contributed by atoms with E-state index in [1.807, 2.05) is 0 Å². The molecule has 0 spiro atoms. The van der Waals surface area contributed by atoms with Crippen LogP contribution in [0.15, 0.2) is 18.2 Å². The number of hydrogen-bond acceptors (Lipinski definition) is 4. The minimum absolute atomic E-state index is 0.0559. The molecule has 0 unspecified atom stereocenters. The summed E-state index contributed by atoms with van der Waals surface area (Å²) in [6.45, 7) is 3.21. The van der Waals surface area contributed by atoms with Gasteiger partial charge in [0.15, 0.2) is 0 Å². The maximum atomic E-state index is 10.7. The molecule has 0 heterocycles. The third kappa shape index (κ3) is 4.40. The summed E-state index contributed by atoms with van der Waals surface area (Å²) >= 11 is 0. The lowest BCUT2D eigenvalue weighted by atomic mass is 10.2. The van der Waals surface area contributed by atoms with Crippen molar-refractivity contribution < 1.29 is 9.66 Å². The SMILES string of the molecule is CCCCCOCc1ccc(N)c([N+](=O)[O-])c1. The van der Waals surface area contributed by atoms with Crippen molar-refractivity contribution in [2.75, 3.05) is 12.3 Å². The summed E-state index contributed by atoms with van der Waals surface area (Å²) < 4.78 is 5.43. The molecule has 0 aromatic heterocycles. The Morgan fingerprint density at radius 1 is 1.41 bits per heavy atom. The number of nitrogens with zero attached hydrogens (tertiary/aromatic N) is 1. The molecule has 5 heteroatoms. The normalized spacial score (nSPS) is 10.4. The first-order chi connectivity index (χ1) is 8.15. The van der Waals surface area contributed by atoms with E-state index in [0.717, 1.165) is 24.8 Å². The quantitative estimate of drug-likeness (QED) is 0.343. The highest BCUT2D eigenvalue weighted by atomic mass is 16.6. The number of nitrogens with two attached hydrogens (primary N) is 1. The molecular weight excluding hydrogens is 220 g/mol. The van der Waals surface area contributed by atoms with Gasteiger partial charge in [-0.3, -0.25) is 10.1 Å². The van der Waals surface area contributed by atoms with Crippen LogP contribution in [0.25, 0.3) is 0 Å². The van der Waals surface area contributed by atoms with Crippen LogP contribution in [-0.4, -0.2) is 11.5 Å². The predicted molar refractivity (Wildman–Crippen MR) is 66.7 cm³/mol. The van der Waals surface area contributed by atoms with Gasteiger partial charge in [-0.15, -0.1) is 0 Å². The molecule has 2 N–H and O–H groups in total. The van der Waals surface area contributed by atoms with Crippen LogP contribution in [0.4, 0.5) is 11.4 Å². The second-order valence-corrected chi connectivity index (χ2v) is 3.91. The number of unbranched alkanes of at least 4 members (excludes halogenated alkanes) is 2. The van der Waals surface area contributed by atoms with Crippen molar-refractivity contribution in [3.8, 4) is 0 Å². The van der Waals surface area contributed by atoms with Gasteiger partial charge in [0.25, 0.3) is 5.69 Å². The number of nitrogen functional groups attached to an aromatic ring is 1. The topological polar surface area (TPSA) is 78.4 Å². The Kier molecular flexibility index (Phi) is 5.42. The summed E-state index contributed by atoms with van der Waals surface area (Å²) in [6, 6.07) is 4.76. The highest BCUT2D eigenvalue weighted by molar-refractivity contribution is 5.59. The van der Waals surface area contributed by atoms with E-state index in [1.54, 1.807) is 12.1 Å². The second-order valence-electron chi connectivity index (χ2n) is 3.91. The molecule has 17 heavy (non-hydrogen) atoms. The third-order valence-corrected chi connectivity index (χ3v) is 2.45. The van der Waals surface area contributed by atoms with E-state index < -0.39 is 4.92 Å². The molecule has 0 saturated carbocycles. The Hall–Kier alpha value is -1.62. The second kappa shape index (κ2) is 6.85. The van der Waals surface area contributed by atoms with Gasteiger partial charge < -0.3 is 10.5 Å². The van der Waals surface area contributed by atoms with Crippen molar-refractivity contribution in [3.63, 3.8) is 0 Å². The van der Waals surface area contributed by atoms with E-state index in [9.17, 15) is 10.1 Å². The van der Waals surface area contributed by atoms with Crippen molar-refractivity contribution in [3.05, 3.63) is 33.9 Å². The summed E-state index contributed by atoms with van der Waals surface area (Å²) in [5.74, 6) is 0. The smallest absolute Gasteiger partial charge is 0.292 e. The highest BCUT2D eigenvalue weighted by Gasteiger charge is 2.11. The standard InChI is InChI=1S/C12H18N2O3/c1-2-3-4-7-17-9-10-5-6-11(13)12(8-10)14(15)16/h5-6,8H,2-4,7,9,13H2,1H3. The largest absolute Gasteiger partial charge is 0.393 e. The molecule has 5 nitrogen and oxygen atoms in total. The highest BCUT2D eigenvalue weighted by Crippen LogP contribution is 2.22. The first kappa shape index (κ1) is 13.4. The number of benzene rings is 1. The van der Waals surface area contributed by atoms with E-state index in [-0.39, 0.29) is 11.4 Å². The lowest BCUT2D eigenvalue weighted by Crippen LogP contribution is -1.99. The summed E-state index contributed by atoms with van der Waals surface area (Å²) in [5.41, 5.74) is 6.41. The first-order valence-electron chi connectivity index (χ1n) is 5.75. The summed E-state index contributed by atoms with van der Waals surface area (Å²) in [7, 11) is 0. The molecule has 1 aromatic carbocycles. The lowest BCUT2D eigenvalue weighted by Gasteiger charge is -2.05.